The second-order valence-electron chi connectivity index (χ2n) is 1.29. The molecule has 1 aliphatic rings. The second-order valence-corrected chi connectivity index (χ2v) is 1.29. The van der Waals surface area contributed by atoms with Crippen molar-refractivity contribution < 1.29 is 0 Å². The van der Waals surface area contributed by atoms with E-state index < -0.39 is 0 Å². The highest BCUT2D eigenvalue weighted by Crippen LogP contribution is 1.72. The van der Waals surface area contributed by atoms with Crippen LogP contribution in [0.2, 0.25) is 0 Å². The van der Waals surface area contributed by atoms with Crippen molar-refractivity contribution in [2.45, 2.75) is 0 Å². The number of amidine groups is 1. The van der Waals surface area contributed by atoms with Gasteiger partial charge in [0.05, 0.1) is 0 Å². The van der Waals surface area contributed by atoms with Gasteiger partial charge in [0.15, 0.2) is 0 Å². The number of allylic oxidation sites excluding steroid dienone is 1. The van der Waals surface area contributed by atoms with Crippen molar-refractivity contribution in [2.24, 2.45) is 5.10 Å². The predicted molar refractivity (Wildman–Crippen MR) is 31.6 cm³/mol. The molecule has 0 aromatic heterocycles. The first kappa shape index (κ1) is 4.83. The molecule has 0 saturated heterocycles. The molecule has 1 rings (SSSR count). The summed E-state index contributed by atoms with van der Waals surface area (Å²) in [6, 6.07) is 0. The van der Waals surface area contributed by atoms with Gasteiger partial charge < -0.3 is 0 Å². The summed E-state index contributed by atoms with van der Waals surface area (Å²) in [6.07, 6.45) is 4.84. The first-order valence-corrected chi connectivity index (χ1v) is 2.19. The minimum Gasteiger partial charge on any atom is -0.283 e. The molecule has 0 bridgehead atoms. The molecule has 42 valence electrons. The van der Waals surface area contributed by atoms with E-state index in [0.717, 1.165) is 0 Å². The van der Waals surface area contributed by atoms with Gasteiger partial charge in [-0.05, 0) is 12.2 Å². The van der Waals surface area contributed by atoms with Crippen LogP contribution in [0.15, 0.2) is 17.3 Å². The lowest BCUT2D eigenvalue weighted by molar-refractivity contribution is 0.705. The van der Waals surface area contributed by atoms with E-state index in [0.29, 0.717) is 5.84 Å². The molecule has 3 N–H and O–H groups in total. The van der Waals surface area contributed by atoms with Gasteiger partial charge in [-0.25, -0.2) is 5.53 Å². The van der Waals surface area contributed by atoms with Gasteiger partial charge in [0.25, 0.3) is 0 Å². The summed E-state index contributed by atoms with van der Waals surface area (Å²) in [7, 11) is 0. The lowest BCUT2D eigenvalue weighted by atomic mass is 10.5. The Morgan fingerprint density at radius 3 is 3.38 bits per heavy atom. The summed E-state index contributed by atoms with van der Waals surface area (Å²) in [4.78, 5) is 0. The molecule has 4 heteroatoms. The van der Waals surface area contributed by atoms with Crippen molar-refractivity contribution >= 4 is 12.1 Å². The number of hydrazone groups is 1. The maximum Gasteiger partial charge on any atom is 0.138 e. The van der Waals surface area contributed by atoms with Crippen LogP contribution in [0, 0.1) is 5.41 Å². The maximum atomic E-state index is 6.99. The molecule has 0 aromatic carbocycles. The van der Waals surface area contributed by atoms with Crippen molar-refractivity contribution in [3.8, 4) is 0 Å². The largest absolute Gasteiger partial charge is 0.283 e. The van der Waals surface area contributed by atoms with Crippen molar-refractivity contribution in [1.82, 2.24) is 11.0 Å². The van der Waals surface area contributed by atoms with E-state index in [1.807, 2.05) is 0 Å². The topological polar surface area (TPSA) is 60.3 Å². The minimum atomic E-state index is 0.308. The van der Waals surface area contributed by atoms with E-state index >= 15 is 0 Å². The lowest BCUT2D eigenvalue weighted by Crippen LogP contribution is -2.30. The molecule has 0 unspecified atom stereocenters. The Morgan fingerprint density at radius 2 is 2.50 bits per heavy atom. The quantitative estimate of drug-likeness (QED) is 0.398. The summed E-state index contributed by atoms with van der Waals surface area (Å²) in [5.74, 6) is 0.308. The Morgan fingerprint density at radius 1 is 1.62 bits per heavy atom. The standard InChI is InChI=1S/C4H6N4/c5-4-2-1-3-6-8-7-4/h1-3,8H,(H2,5,7). The number of nitrogens with zero attached hydrogens (tertiary/aromatic N) is 1. The van der Waals surface area contributed by atoms with Crippen LogP contribution in [0.4, 0.5) is 0 Å². The Balaban J connectivity index is 2.58. The van der Waals surface area contributed by atoms with Gasteiger partial charge in [-0.15, -0.1) is 0 Å². The minimum absolute atomic E-state index is 0.308. The van der Waals surface area contributed by atoms with E-state index in [1.54, 1.807) is 18.4 Å². The summed E-state index contributed by atoms with van der Waals surface area (Å²) >= 11 is 0. The molecule has 8 heavy (non-hydrogen) atoms. The fourth-order valence-corrected chi connectivity index (χ4v) is 0.354. The van der Waals surface area contributed by atoms with E-state index in [-0.39, 0.29) is 0 Å². The van der Waals surface area contributed by atoms with Crippen LogP contribution in [0.5, 0.6) is 0 Å². The average molecular weight is 110 g/mol. The van der Waals surface area contributed by atoms with Crippen molar-refractivity contribution in [3.63, 3.8) is 0 Å². The number of nitrogens with one attached hydrogen (secondary N) is 3. The highest BCUT2D eigenvalue weighted by atomic mass is 15.6. The van der Waals surface area contributed by atoms with Crippen LogP contribution < -0.4 is 11.0 Å². The van der Waals surface area contributed by atoms with Crippen LogP contribution in [0.25, 0.3) is 0 Å². The number of hydrogen-bond donors (Lipinski definition) is 3. The number of hydrogen-bond acceptors (Lipinski definition) is 3. The molecule has 1 aliphatic heterocycles. The van der Waals surface area contributed by atoms with E-state index in [1.165, 1.54) is 0 Å². The van der Waals surface area contributed by atoms with Gasteiger partial charge in [-0.2, -0.15) is 5.10 Å². The van der Waals surface area contributed by atoms with E-state index in [9.17, 15) is 0 Å². The maximum absolute atomic E-state index is 6.99. The zero-order chi connectivity index (χ0) is 5.82. The molecule has 0 aliphatic carbocycles. The monoisotopic (exact) mass is 110 g/mol. The zero-order valence-electron chi connectivity index (χ0n) is 4.18. The van der Waals surface area contributed by atoms with E-state index in [4.69, 9.17) is 5.41 Å². The SMILES string of the molecule is N=C1C=CC=NNN1. The van der Waals surface area contributed by atoms with Gasteiger partial charge in [0.1, 0.15) is 5.84 Å². The summed E-state index contributed by atoms with van der Waals surface area (Å²) in [6.45, 7) is 0. The van der Waals surface area contributed by atoms with Gasteiger partial charge >= 0.3 is 0 Å². The van der Waals surface area contributed by atoms with Crippen LogP contribution >= 0.6 is 0 Å². The third kappa shape index (κ3) is 1.07. The molecule has 1 heterocycles. The molecular weight excluding hydrogens is 104 g/mol. The molecule has 0 fully saturated rings. The van der Waals surface area contributed by atoms with Crippen molar-refractivity contribution in [3.05, 3.63) is 12.2 Å². The molecule has 4 nitrogen and oxygen atoms in total. The summed E-state index contributed by atoms with van der Waals surface area (Å²) in [5.41, 5.74) is 4.92. The second kappa shape index (κ2) is 2.11. The fraction of sp³-hybridized carbons (Fsp3) is 0. The summed E-state index contributed by atoms with van der Waals surface area (Å²) in [5, 5.41) is 10.6. The molecule has 0 amide bonds. The molecule has 0 spiro atoms. The Labute approximate surface area is 46.8 Å². The molecule has 0 radical (unpaired) electrons. The predicted octanol–water partition coefficient (Wildman–Crippen LogP) is -0.387. The van der Waals surface area contributed by atoms with Crippen LogP contribution in [0.3, 0.4) is 0 Å². The van der Waals surface area contributed by atoms with Crippen LogP contribution in [0.1, 0.15) is 0 Å². The zero-order valence-corrected chi connectivity index (χ0v) is 4.18. The first-order valence-electron chi connectivity index (χ1n) is 2.19. The van der Waals surface area contributed by atoms with Gasteiger partial charge in [0, 0.05) is 6.21 Å². The highest BCUT2D eigenvalue weighted by molar-refractivity contribution is 5.94. The van der Waals surface area contributed by atoms with Gasteiger partial charge in [-0.1, -0.05) is 0 Å². The molecule has 0 saturated carbocycles. The Hall–Kier alpha value is -1.32. The fourth-order valence-electron chi connectivity index (χ4n) is 0.354. The first-order chi connectivity index (χ1) is 3.89. The Bertz CT molecular complexity index is 146. The molecular formula is C4H6N4. The Kier molecular flexibility index (Phi) is 1.27. The van der Waals surface area contributed by atoms with Crippen molar-refractivity contribution in [1.29, 1.82) is 5.41 Å². The third-order valence-electron chi connectivity index (χ3n) is 0.679. The highest BCUT2D eigenvalue weighted by Gasteiger charge is 1.85. The number of hydrazine groups is 1. The van der Waals surface area contributed by atoms with Crippen LogP contribution in [-0.4, -0.2) is 12.1 Å². The average Bonchev–Trinajstić information content (AvgIpc) is 1.94. The van der Waals surface area contributed by atoms with Crippen molar-refractivity contribution in [2.75, 3.05) is 0 Å². The van der Waals surface area contributed by atoms with E-state index in [2.05, 4.69) is 16.1 Å². The van der Waals surface area contributed by atoms with Crippen LogP contribution in [-0.2, 0) is 0 Å². The van der Waals surface area contributed by atoms with Gasteiger partial charge in [0.2, 0.25) is 0 Å². The smallest absolute Gasteiger partial charge is 0.138 e. The molecule has 0 atom stereocenters. The normalized spacial score (nSPS) is 16.8. The molecule has 0 aromatic rings. The van der Waals surface area contributed by atoms with Gasteiger partial charge in [-0.3, -0.25) is 10.8 Å². The number of rotatable bonds is 0. The summed E-state index contributed by atoms with van der Waals surface area (Å²) < 4.78 is 0. The third-order valence-corrected chi connectivity index (χ3v) is 0.679. The lowest BCUT2D eigenvalue weighted by Gasteiger charge is -1.96.